The van der Waals surface area contributed by atoms with Crippen molar-refractivity contribution in [2.75, 3.05) is 0 Å². The molecule has 0 radical (unpaired) electrons. The number of nitrogens with zero attached hydrogens (tertiary/aromatic N) is 1. The molecule has 0 saturated heterocycles. The van der Waals surface area contributed by atoms with Gasteiger partial charge in [-0.3, -0.25) is 0 Å². The smallest absolute Gasteiger partial charge is 0.0215 e. The second-order valence-electron chi connectivity index (χ2n) is 11.7. The lowest BCUT2D eigenvalue weighted by Gasteiger charge is -2.13. The Hall–Kier alpha value is -4.36. The van der Waals surface area contributed by atoms with E-state index in [-0.39, 0.29) is 0 Å². The number of aromatic nitrogens is 1. The van der Waals surface area contributed by atoms with Crippen molar-refractivity contribution in [3.63, 3.8) is 0 Å². The Bertz CT molecular complexity index is 1740. The van der Waals surface area contributed by atoms with E-state index in [4.69, 9.17) is 0 Å². The van der Waals surface area contributed by atoms with Crippen LogP contribution >= 0.6 is 0 Å². The van der Waals surface area contributed by atoms with Gasteiger partial charge in [-0.1, -0.05) is 91.1 Å². The maximum absolute atomic E-state index is 2.40. The van der Waals surface area contributed by atoms with Crippen molar-refractivity contribution in [3.8, 4) is 0 Å². The molecule has 210 valence electrons. The van der Waals surface area contributed by atoms with Crippen molar-refractivity contribution in [1.29, 1.82) is 0 Å². The zero-order valence-corrected chi connectivity index (χ0v) is 25.2. The second kappa shape index (κ2) is 12.7. The fourth-order valence-electron chi connectivity index (χ4n) is 6.20. The first-order valence-corrected chi connectivity index (χ1v) is 15.4. The van der Waals surface area contributed by atoms with Gasteiger partial charge in [0.15, 0.2) is 0 Å². The summed E-state index contributed by atoms with van der Waals surface area (Å²) in [4.78, 5) is 0. The van der Waals surface area contributed by atoms with E-state index >= 15 is 0 Å². The largest absolute Gasteiger partial charge is 0.354 e. The molecule has 0 amide bonds. The standard InChI is InChI=1S/C41H41N/c1-30-26-36-16-9-8-15-35(36)24-25-42(3)31(2)41(30)29-40(23-21-32-20-22-34-14-7-10-17-37(34)27-32)39-19-11-18-38(28-39)33-12-5-4-6-13-33/h4-5,9-12,16-29H,6-8,13-15H2,1-3H3/b23-21?,25-24?,30-26?,40-29+,41-31?. The number of aryl methyl sites for hydroxylation is 4. The van der Waals surface area contributed by atoms with Crippen molar-refractivity contribution in [2.45, 2.75) is 52.4 Å². The lowest BCUT2D eigenvalue weighted by molar-refractivity contribution is 0.857. The highest BCUT2D eigenvalue weighted by atomic mass is 14.9. The Morgan fingerprint density at radius 3 is 2.33 bits per heavy atom. The van der Waals surface area contributed by atoms with E-state index in [1.165, 1.54) is 66.9 Å². The van der Waals surface area contributed by atoms with Crippen LogP contribution in [0.1, 0.15) is 81.4 Å². The van der Waals surface area contributed by atoms with Gasteiger partial charge in [0.25, 0.3) is 0 Å². The number of hydrogen-bond acceptors (Lipinski definition) is 0. The molecule has 6 rings (SSSR count). The monoisotopic (exact) mass is 547 g/mol. The van der Waals surface area contributed by atoms with Gasteiger partial charge in [0.1, 0.15) is 0 Å². The minimum Gasteiger partial charge on any atom is -0.354 e. The predicted molar refractivity (Wildman–Crippen MR) is 183 cm³/mol. The Morgan fingerprint density at radius 2 is 1.55 bits per heavy atom. The summed E-state index contributed by atoms with van der Waals surface area (Å²) in [5, 5.41) is 0. The lowest BCUT2D eigenvalue weighted by Crippen LogP contribution is -1.97. The summed E-state index contributed by atoms with van der Waals surface area (Å²) in [5.74, 6) is 0. The number of hydrogen-bond donors (Lipinski definition) is 0. The van der Waals surface area contributed by atoms with Gasteiger partial charge in [-0.15, -0.1) is 0 Å². The summed E-state index contributed by atoms with van der Waals surface area (Å²) < 4.78 is 2.27. The van der Waals surface area contributed by atoms with Gasteiger partial charge in [-0.25, -0.2) is 0 Å². The highest BCUT2D eigenvalue weighted by Crippen LogP contribution is 2.30. The summed E-state index contributed by atoms with van der Waals surface area (Å²) in [5.41, 5.74) is 15.7. The van der Waals surface area contributed by atoms with Crippen LogP contribution in [-0.2, 0) is 19.9 Å². The van der Waals surface area contributed by atoms with Crippen LogP contribution in [0.2, 0.25) is 0 Å². The molecule has 0 aliphatic heterocycles. The Kier molecular flexibility index (Phi) is 8.38. The molecule has 3 aliphatic rings. The topological polar surface area (TPSA) is 4.93 Å². The van der Waals surface area contributed by atoms with Crippen LogP contribution in [0.25, 0.3) is 35.5 Å². The molecule has 1 nitrogen and oxygen atoms in total. The summed E-state index contributed by atoms with van der Waals surface area (Å²) in [6, 6.07) is 20.6. The first-order valence-electron chi connectivity index (χ1n) is 15.4. The first-order chi connectivity index (χ1) is 20.5. The molecule has 3 aliphatic carbocycles. The average molecular weight is 548 g/mol. The maximum atomic E-state index is 2.40. The van der Waals surface area contributed by atoms with E-state index in [9.17, 15) is 0 Å². The Balaban J connectivity index is 1.51. The number of allylic oxidation sites excluding steroid dienone is 8. The molecule has 42 heavy (non-hydrogen) atoms. The number of benzene rings is 2. The van der Waals surface area contributed by atoms with E-state index in [2.05, 4.69) is 147 Å². The molecule has 1 heterocycles. The summed E-state index contributed by atoms with van der Waals surface area (Å²) in [6.45, 7) is 4.49. The Labute approximate surface area is 252 Å². The molecule has 0 N–H and O–H groups in total. The predicted octanol–water partition coefficient (Wildman–Crippen LogP) is 10.7. The molecule has 0 unspecified atom stereocenters. The van der Waals surface area contributed by atoms with Crippen LogP contribution in [0, 0.1) is 13.8 Å². The van der Waals surface area contributed by atoms with Gasteiger partial charge in [-0.05, 0) is 138 Å². The fourth-order valence-corrected chi connectivity index (χ4v) is 6.20. The highest BCUT2D eigenvalue weighted by molar-refractivity contribution is 5.92. The van der Waals surface area contributed by atoms with E-state index in [1.807, 2.05) is 0 Å². The molecule has 1 heteroatoms. The molecule has 0 bridgehead atoms. The molecule has 1 aromatic heterocycles. The fraction of sp³-hybridized carbons (Fsp3) is 0.220. The molecule has 3 aromatic rings. The highest BCUT2D eigenvalue weighted by Gasteiger charge is 2.10. The van der Waals surface area contributed by atoms with Gasteiger partial charge < -0.3 is 4.57 Å². The van der Waals surface area contributed by atoms with Gasteiger partial charge in [0.2, 0.25) is 0 Å². The van der Waals surface area contributed by atoms with Crippen LogP contribution in [0.3, 0.4) is 0 Å². The molecule has 0 atom stereocenters. The van der Waals surface area contributed by atoms with Gasteiger partial charge in [-0.2, -0.15) is 0 Å². The Morgan fingerprint density at radius 1 is 0.786 bits per heavy atom. The van der Waals surface area contributed by atoms with E-state index in [0.717, 1.165) is 38.5 Å². The zero-order chi connectivity index (χ0) is 28.9. The van der Waals surface area contributed by atoms with Gasteiger partial charge >= 0.3 is 0 Å². The normalized spacial score (nSPS) is 15.8. The minimum atomic E-state index is 1.09. The zero-order valence-electron chi connectivity index (χ0n) is 25.2. The third-order valence-corrected chi connectivity index (χ3v) is 8.85. The van der Waals surface area contributed by atoms with Crippen LogP contribution < -0.4 is 0 Å². The molecule has 0 saturated carbocycles. The van der Waals surface area contributed by atoms with Crippen molar-refractivity contribution in [1.82, 2.24) is 4.57 Å². The third-order valence-electron chi connectivity index (χ3n) is 8.85. The molecular formula is C41H41N. The number of fused-ring (bicyclic) bond motifs is 2. The van der Waals surface area contributed by atoms with E-state index in [1.54, 1.807) is 0 Å². The van der Waals surface area contributed by atoms with Crippen LogP contribution in [0.15, 0.2) is 97.3 Å². The minimum absolute atomic E-state index is 1.09. The van der Waals surface area contributed by atoms with Gasteiger partial charge in [0, 0.05) is 18.9 Å². The summed E-state index contributed by atoms with van der Waals surface area (Å²) >= 11 is 0. The third kappa shape index (κ3) is 6.26. The van der Waals surface area contributed by atoms with Crippen molar-refractivity contribution in [2.24, 2.45) is 7.05 Å². The summed E-state index contributed by atoms with van der Waals surface area (Å²) in [7, 11) is 2.16. The quantitative estimate of drug-likeness (QED) is 0.280. The van der Waals surface area contributed by atoms with Crippen LogP contribution in [0.5, 0.6) is 0 Å². The van der Waals surface area contributed by atoms with Crippen molar-refractivity contribution < 1.29 is 0 Å². The second-order valence-corrected chi connectivity index (χ2v) is 11.7. The van der Waals surface area contributed by atoms with E-state index < -0.39 is 0 Å². The number of rotatable bonds is 5. The van der Waals surface area contributed by atoms with Crippen molar-refractivity contribution >= 4 is 35.5 Å². The summed E-state index contributed by atoms with van der Waals surface area (Å²) in [6.07, 6.45) is 31.7. The van der Waals surface area contributed by atoms with Gasteiger partial charge in [0.05, 0.1) is 0 Å². The van der Waals surface area contributed by atoms with Crippen LogP contribution in [0.4, 0.5) is 0 Å². The van der Waals surface area contributed by atoms with E-state index in [0.29, 0.717) is 0 Å². The van der Waals surface area contributed by atoms with Crippen LogP contribution in [-0.4, -0.2) is 4.57 Å². The molecule has 0 fully saturated rings. The first kappa shape index (κ1) is 27.8. The van der Waals surface area contributed by atoms with Crippen molar-refractivity contribution in [3.05, 3.63) is 153 Å². The lowest BCUT2D eigenvalue weighted by atomic mass is 9.92. The molecular weight excluding hydrogens is 506 g/mol. The maximum Gasteiger partial charge on any atom is 0.0215 e. The molecule has 0 spiro atoms. The average Bonchev–Trinajstić information content (AvgIpc) is 3.08. The molecule has 2 aromatic carbocycles. The SMILES string of the molecule is Cc1cc2c(ccn(C)c(C)c1/C=C(\C=Cc1ccc3c(c1)C=CCC3)c1cccc(C3=CC=CCC3)c1)CCC=C2.